The summed E-state index contributed by atoms with van der Waals surface area (Å²) in [7, 11) is 0. The van der Waals surface area contributed by atoms with Gasteiger partial charge >= 0.3 is 0 Å². The Kier molecular flexibility index (Phi) is 7.56. The molecular weight excluding hydrogens is 159 g/mol. The van der Waals surface area contributed by atoms with Gasteiger partial charge < -0.3 is 0 Å². The molecule has 0 aromatic rings. The van der Waals surface area contributed by atoms with Gasteiger partial charge in [0.15, 0.2) is 0 Å². The van der Waals surface area contributed by atoms with Crippen LogP contribution in [0.3, 0.4) is 0 Å². The molecule has 1 unspecified atom stereocenters. The Bertz CT molecular complexity index is 110. The predicted molar refractivity (Wildman–Crippen MR) is 53.7 cm³/mol. The quantitative estimate of drug-likeness (QED) is 0.339. The smallest absolute Gasteiger partial charge is 0.00972 e. The Labute approximate surface area is 70.1 Å². The second-order valence-corrected chi connectivity index (χ2v) is 5.71. The van der Waals surface area contributed by atoms with E-state index < -0.39 is 0 Å². The summed E-state index contributed by atoms with van der Waals surface area (Å²) >= 11 is 5.24. The fraction of sp³-hybridized carbons (Fsp3) is 0.750. The molecule has 0 aliphatic heterocycles. The first-order chi connectivity index (χ1) is 4.81. The Hall–Kier alpha value is 0.260. The van der Waals surface area contributed by atoms with Gasteiger partial charge in [-0.2, -0.15) is 0 Å². The van der Waals surface area contributed by atoms with Gasteiger partial charge in [-0.3, -0.25) is 0 Å². The number of unbranched alkanes of at least 4 members (excludes halogenated alkanes) is 2. The summed E-state index contributed by atoms with van der Waals surface area (Å²) < 4.78 is 0. The third kappa shape index (κ3) is 6.38. The van der Waals surface area contributed by atoms with Gasteiger partial charge in [-0.15, -0.1) is 6.58 Å². The molecule has 0 nitrogen and oxygen atoms in total. The van der Waals surface area contributed by atoms with Gasteiger partial charge in [0.25, 0.3) is 0 Å². The Morgan fingerprint density at radius 3 is 2.70 bits per heavy atom. The zero-order valence-electron chi connectivity index (χ0n) is 6.68. The summed E-state index contributed by atoms with van der Waals surface area (Å²) in [6.07, 6.45) is 8.22. The highest BCUT2D eigenvalue weighted by Crippen LogP contribution is 2.22. The molecule has 0 aromatic heterocycles. The lowest BCUT2D eigenvalue weighted by atomic mass is 10.3. The van der Waals surface area contributed by atoms with Crippen LogP contribution in [0.1, 0.15) is 26.2 Å². The van der Waals surface area contributed by atoms with Crippen LogP contribution in [0.4, 0.5) is 0 Å². The van der Waals surface area contributed by atoms with Crippen LogP contribution in [0.25, 0.3) is 0 Å². The van der Waals surface area contributed by atoms with Gasteiger partial charge in [-0.05, 0) is 12.6 Å². The number of hydrogen-bond donors (Lipinski definition) is 0. The lowest BCUT2D eigenvalue weighted by molar-refractivity contribution is 0.777. The van der Waals surface area contributed by atoms with Crippen LogP contribution in [0.5, 0.6) is 0 Å². The van der Waals surface area contributed by atoms with E-state index in [1.165, 1.54) is 25.4 Å². The minimum atomic E-state index is -0.127. The van der Waals surface area contributed by atoms with Crippen molar-refractivity contribution in [3.8, 4) is 0 Å². The Morgan fingerprint density at radius 2 is 2.20 bits per heavy atom. The zero-order valence-corrected chi connectivity index (χ0v) is 8.39. The third-order valence-electron chi connectivity index (χ3n) is 1.34. The van der Waals surface area contributed by atoms with E-state index in [1.807, 2.05) is 6.08 Å². The molecule has 0 aliphatic carbocycles. The van der Waals surface area contributed by atoms with Crippen molar-refractivity contribution in [2.45, 2.75) is 26.2 Å². The van der Waals surface area contributed by atoms with Gasteiger partial charge in [0.05, 0.1) is 0 Å². The number of allylic oxidation sites excluding steroid dienone is 1. The molecule has 0 aliphatic rings. The Balaban J connectivity index is 3.13. The van der Waals surface area contributed by atoms with E-state index in [-0.39, 0.29) is 6.70 Å². The van der Waals surface area contributed by atoms with Crippen molar-refractivity contribution in [2.24, 2.45) is 0 Å². The summed E-state index contributed by atoms with van der Waals surface area (Å²) in [4.78, 5) is 0. The first-order valence-electron chi connectivity index (χ1n) is 3.84. The van der Waals surface area contributed by atoms with Crippen molar-refractivity contribution >= 4 is 18.5 Å². The molecule has 0 saturated carbocycles. The van der Waals surface area contributed by atoms with Crippen LogP contribution >= 0.6 is 6.70 Å². The zero-order chi connectivity index (χ0) is 7.82. The molecule has 1 radical (unpaired) electrons. The van der Waals surface area contributed by atoms with E-state index in [0.29, 0.717) is 0 Å². The molecule has 0 spiro atoms. The summed E-state index contributed by atoms with van der Waals surface area (Å²) in [5.41, 5.74) is 0. The lowest BCUT2D eigenvalue weighted by Gasteiger charge is -1.98. The van der Waals surface area contributed by atoms with Crippen molar-refractivity contribution in [2.75, 3.05) is 12.3 Å². The minimum absolute atomic E-state index is 0.127. The summed E-state index contributed by atoms with van der Waals surface area (Å²) in [5, 5.41) is 0. The van der Waals surface area contributed by atoms with Crippen LogP contribution in [0.15, 0.2) is 12.7 Å². The summed E-state index contributed by atoms with van der Waals surface area (Å²) in [5.74, 6) is 0. The highest BCUT2D eigenvalue weighted by molar-refractivity contribution is 8.05. The molecule has 0 saturated heterocycles. The van der Waals surface area contributed by atoms with E-state index in [0.717, 1.165) is 6.16 Å². The van der Waals surface area contributed by atoms with Gasteiger partial charge in [0, 0.05) is 6.16 Å². The molecule has 0 amide bonds. The topological polar surface area (TPSA) is 0 Å². The molecule has 2 heteroatoms. The lowest BCUT2D eigenvalue weighted by Crippen LogP contribution is -1.80. The molecule has 59 valence electrons. The van der Waals surface area contributed by atoms with E-state index in [2.05, 4.69) is 13.5 Å². The largest absolute Gasteiger partial charge is 0.102 e. The van der Waals surface area contributed by atoms with E-state index in [9.17, 15) is 0 Å². The third-order valence-corrected chi connectivity index (χ3v) is 3.82. The molecule has 0 fully saturated rings. The fourth-order valence-electron chi connectivity index (χ4n) is 0.773. The van der Waals surface area contributed by atoms with Gasteiger partial charge in [-0.25, -0.2) is 0 Å². The fourth-order valence-corrected chi connectivity index (χ4v) is 2.52. The SMILES string of the molecule is C=CC[P](=S)CCCCC. The highest BCUT2D eigenvalue weighted by Gasteiger charge is 1.90. The van der Waals surface area contributed by atoms with Crippen molar-refractivity contribution in [1.82, 2.24) is 0 Å². The number of rotatable bonds is 6. The maximum absolute atomic E-state index is 5.24. The van der Waals surface area contributed by atoms with Crippen LogP contribution in [0, 0.1) is 0 Å². The van der Waals surface area contributed by atoms with Crippen molar-refractivity contribution in [3.63, 3.8) is 0 Å². The molecule has 0 N–H and O–H groups in total. The van der Waals surface area contributed by atoms with Crippen LogP contribution in [0.2, 0.25) is 0 Å². The van der Waals surface area contributed by atoms with Gasteiger partial charge in [0.2, 0.25) is 0 Å². The van der Waals surface area contributed by atoms with Crippen molar-refractivity contribution < 1.29 is 0 Å². The molecule has 10 heavy (non-hydrogen) atoms. The van der Waals surface area contributed by atoms with Crippen molar-refractivity contribution in [3.05, 3.63) is 12.7 Å². The van der Waals surface area contributed by atoms with Gasteiger partial charge in [0.1, 0.15) is 0 Å². The van der Waals surface area contributed by atoms with Gasteiger partial charge in [-0.1, -0.05) is 44.3 Å². The normalized spacial score (nSPS) is 11.1. The van der Waals surface area contributed by atoms with Crippen LogP contribution in [-0.4, -0.2) is 12.3 Å². The standard InChI is InChI=1S/C8H16PS/c1-3-5-6-8-9(10)7-4-2/h4H,2-3,5-8H2,1H3. The Morgan fingerprint density at radius 1 is 1.50 bits per heavy atom. The predicted octanol–water partition coefficient (Wildman–Crippen LogP) is 3.31. The first kappa shape index (κ1) is 10.3. The average molecular weight is 175 g/mol. The second-order valence-electron chi connectivity index (χ2n) is 2.38. The van der Waals surface area contributed by atoms with E-state index in [1.54, 1.807) is 0 Å². The monoisotopic (exact) mass is 175 g/mol. The molecule has 0 rings (SSSR count). The molecule has 0 aromatic carbocycles. The summed E-state index contributed by atoms with van der Waals surface area (Å²) in [6.45, 7) is 5.77. The molecule has 0 bridgehead atoms. The van der Waals surface area contributed by atoms with E-state index >= 15 is 0 Å². The highest BCUT2D eigenvalue weighted by atomic mass is 32.4. The maximum Gasteiger partial charge on any atom is 0.00972 e. The molecule has 1 atom stereocenters. The summed E-state index contributed by atoms with van der Waals surface area (Å²) in [6, 6.07) is 0. The second kappa shape index (κ2) is 7.37. The molecular formula is C8H16PS. The number of hydrogen-bond acceptors (Lipinski definition) is 1. The van der Waals surface area contributed by atoms with Crippen LogP contribution in [-0.2, 0) is 11.8 Å². The minimum Gasteiger partial charge on any atom is -0.102 e. The first-order valence-corrected chi connectivity index (χ1v) is 6.56. The average Bonchev–Trinajstić information content (AvgIpc) is 1.89. The van der Waals surface area contributed by atoms with E-state index in [4.69, 9.17) is 11.8 Å². The van der Waals surface area contributed by atoms with Crippen molar-refractivity contribution in [1.29, 1.82) is 0 Å². The molecule has 0 heterocycles. The maximum atomic E-state index is 5.24. The van der Waals surface area contributed by atoms with Crippen LogP contribution < -0.4 is 0 Å².